The molecule has 0 N–H and O–H groups in total. The van der Waals surface area contributed by atoms with E-state index in [2.05, 4.69) is 24.8 Å². The van der Waals surface area contributed by atoms with Gasteiger partial charge in [0, 0.05) is 30.3 Å². The minimum absolute atomic E-state index is 0.713. The van der Waals surface area contributed by atoms with Gasteiger partial charge in [0.15, 0.2) is 0 Å². The van der Waals surface area contributed by atoms with E-state index in [9.17, 15) is 4.21 Å². The number of rotatable bonds is 4. The highest BCUT2D eigenvalue weighted by Gasteiger charge is 2.13. The Morgan fingerprint density at radius 2 is 2.00 bits per heavy atom. The summed E-state index contributed by atoms with van der Waals surface area (Å²) in [5.41, 5.74) is 2.38. The zero-order valence-electron chi connectivity index (χ0n) is 11.1. The van der Waals surface area contributed by atoms with Crippen molar-refractivity contribution in [3.05, 3.63) is 29.3 Å². The second kappa shape index (κ2) is 6.45. The zero-order chi connectivity index (χ0) is 13.0. The van der Waals surface area contributed by atoms with Crippen LogP contribution in [0.3, 0.4) is 0 Å². The second-order valence-corrected chi connectivity index (χ2v) is 6.24. The summed E-state index contributed by atoms with van der Waals surface area (Å²) >= 11 is 0. The van der Waals surface area contributed by atoms with Gasteiger partial charge in [0.2, 0.25) is 0 Å². The van der Waals surface area contributed by atoms with Crippen molar-refractivity contribution in [1.82, 2.24) is 4.90 Å². The van der Waals surface area contributed by atoms with E-state index < -0.39 is 10.8 Å². The molecule has 1 aromatic carbocycles. The molecule has 1 aliphatic rings. The topological polar surface area (TPSA) is 29.5 Å². The molecular weight excluding hydrogens is 246 g/mol. The number of hydrogen-bond donors (Lipinski definition) is 0. The van der Waals surface area contributed by atoms with Crippen LogP contribution in [0.25, 0.3) is 0 Å². The number of benzene rings is 1. The van der Waals surface area contributed by atoms with Crippen LogP contribution in [0, 0.1) is 13.8 Å². The van der Waals surface area contributed by atoms with Gasteiger partial charge in [-0.25, -0.2) is 0 Å². The molecule has 100 valence electrons. The minimum Gasteiger partial charge on any atom is -0.379 e. The van der Waals surface area contributed by atoms with Crippen molar-refractivity contribution in [2.24, 2.45) is 0 Å². The molecule has 3 nitrogen and oxygen atoms in total. The standard InChI is InChI=1S/C14H21NO2S/c1-12-4-3-5-14(13(12)2)18(16)11-8-15-6-9-17-10-7-15/h3-5H,6-11H2,1-2H3. The van der Waals surface area contributed by atoms with E-state index in [1.807, 2.05) is 12.1 Å². The van der Waals surface area contributed by atoms with Crippen LogP contribution in [0.5, 0.6) is 0 Å². The van der Waals surface area contributed by atoms with Crippen LogP contribution in [0.1, 0.15) is 11.1 Å². The molecule has 0 aliphatic carbocycles. The highest BCUT2D eigenvalue weighted by atomic mass is 32.2. The Morgan fingerprint density at radius 1 is 1.28 bits per heavy atom. The van der Waals surface area contributed by atoms with Crippen molar-refractivity contribution in [3.63, 3.8) is 0 Å². The molecule has 1 fully saturated rings. The van der Waals surface area contributed by atoms with Gasteiger partial charge in [-0.15, -0.1) is 0 Å². The molecule has 1 saturated heterocycles. The SMILES string of the molecule is Cc1cccc(S(=O)CCN2CCOCC2)c1C. The molecule has 1 aromatic rings. The number of hydrogen-bond acceptors (Lipinski definition) is 3. The first-order chi connectivity index (χ1) is 8.68. The lowest BCUT2D eigenvalue weighted by molar-refractivity contribution is 0.0409. The van der Waals surface area contributed by atoms with Crippen LogP contribution in [0.4, 0.5) is 0 Å². The minimum atomic E-state index is -0.889. The van der Waals surface area contributed by atoms with E-state index in [4.69, 9.17) is 4.74 Å². The second-order valence-electron chi connectivity index (χ2n) is 4.70. The van der Waals surface area contributed by atoms with Gasteiger partial charge >= 0.3 is 0 Å². The Balaban J connectivity index is 1.93. The summed E-state index contributed by atoms with van der Waals surface area (Å²) in [4.78, 5) is 3.32. The highest BCUT2D eigenvalue weighted by molar-refractivity contribution is 7.85. The van der Waals surface area contributed by atoms with Gasteiger partial charge in [-0.1, -0.05) is 12.1 Å². The smallest absolute Gasteiger partial charge is 0.0594 e. The van der Waals surface area contributed by atoms with Gasteiger partial charge in [-0.2, -0.15) is 0 Å². The van der Waals surface area contributed by atoms with Gasteiger partial charge in [0.05, 0.1) is 24.0 Å². The lowest BCUT2D eigenvalue weighted by Gasteiger charge is -2.26. The quantitative estimate of drug-likeness (QED) is 0.832. The summed E-state index contributed by atoms with van der Waals surface area (Å²) < 4.78 is 17.6. The van der Waals surface area contributed by atoms with Crippen LogP contribution < -0.4 is 0 Å². The molecule has 18 heavy (non-hydrogen) atoms. The van der Waals surface area contributed by atoms with Gasteiger partial charge in [-0.05, 0) is 31.0 Å². The Bertz CT molecular complexity index is 428. The van der Waals surface area contributed by atoms with E-state index in [0.29, 0.717) is 5.75 Å². The van der Waals surface area contributed by atoms with Crippen molar-refractivity contribution in [2.75, 3.05) is 38.6 Å². The first kappa shape index (κ1) is 13.7. The van der Waals surface area contributed by atoms with E-state index in [1.54, 1.807) is 0 Å². The van der Waals surface area contributed by atoms with Crippen LogP contribution in [-0.4, -0.2) is 47.7 Å². The highest BCUT2D eigenvalue weighted by Crippen LogP contribution is 2.16. The normalized spacial score (nSPS) is 18.8. The van der Waals surface area contributed by atoms with Gasteiger partial charge in [0.25, 0.3) is 0 Å². The van der Waals surface area contributed by atoms with Crippen molar-refractivity contribution in [2.45, 2.75) is 18.7 Å². The van der Waals surface area contributed by atoms with E-state index in [0.717, 1.165) is 43.3 Å². The average molecular weight is 267 g/mol. The predicted molar refractivity (Wildman–Crippen MR) is 74.5 cm³/mol. The monoisotopic (exact) mass is 267 g/mol. The first-order valence-electron chi connectivity index (χ1n) is 6.43. The molecule has 0 radical (unpaired) electrons. The van der Waals surface area contributed by atoms with Crippen LogP contribution in [-0.2, 0) is 15.5 Å². The van der Waals surface area contributed by atoms with E-state index >= 15 is 0 Å². The third kappa shape index (κ3) is 3.40. The molecule has 0 aromatic heterocycles. The number of morpholine rings is 1. The fraction of sp³-hybridized carbons (Fsp3) is 0.571. The average Bonchev–Trinajstić information content (AvgIpc) is 2.40. The Hall–Kier alpha value is -0.710. The lowest BCUT2D eigenvalue weighted by Crippen LogP contribution is -2.38. The molecule has 4 heteroatoms. The summed E-state index contributed by atoms with van der Waals surface area (Å²) in [7, 11) is -0.889. The van der Waals surface area contributed by atoms with Gasteiger partial charge < -0.3 is 4.74 Å². The molecule has 0 bridgehead atoms. The molecule has 2 rings (SSSR count). The maximum atomic E-state index is 12.3. The Kier molecular flexibility index (Phi) is 4.92. The molecule has 0 spiro atoms. The number of nitrogens with zero attached hydrogens (tertiary/aromatic N) is 1. The maximum Gasteiger partial charge on any atom is 0.0594 e. The van der Waals surface area contributed by atoms with Crippen molar-refractivity contribution in [1.29, 1.82) is 0 Å². The molecule has 0 amide bonds. The fourth-order valence-electron chi connectivity index (χ4n) is 2.12. The van der Waals surface area contributed by atoms with Crippen molar-refractivity contribution >= 4 is 10.8 Å². The molecule has 1 atom stereocenters. The molecule has 1 unspecified atom stereocenters. The van der Waals surface area contributed by atoms with Crippen molar-refractivity contribution in [3.8, 4) is 0 Å². The van der Waals surface area contributed by atoms with Gasteiger partial charge in [-0.3, -0.25) is 9.11 Å². The largest absolute Gasteiger partial charge is 0.379 e. The lowest BCUT2D eigenvalue weighted by atomic mass is 10.1. The fourth-order valence-corrected chi connectivity index (χ4v) is 3.49. The van der Waals surface area contributed by atoms with Crippen LogP contribution in [0.2, 0.25) is 0 Å². The summed E-state index contributed by atoms with van der Waals surface area (Å²) in [6, 6.07) is 6.04. The Labute approximate surface area is 112 Å². The third-order valence-electron chi connectivity index (χ3n) is 3.50. The van der Waals surface area contributed by atoms with E-state index in [-0.39, 0.29) is 0 Å². The molecule has 1 heterocycles. The Morgan fingerprint density at radius 3 is 2.72 bits per heavy atom. The summed E-state index contributed by atoms with van der Waals surface area (Å²) in [6.45, 7) is 8.54. The molecule has 1 aliphatic heterocycles. The number of aryl methyl sites for hydroxylation is 1. The summed E-state index contributed by atoms with van der Waals surface area (Å²) in [5.74, 6) is 0.713. The summed E-state index contributed by atoms with van der Waals surface area (Å²) in [6.07, 6.45) is 0. The molecule has 0 saturated carbocycles. The third-order valence-corrected chi connectivity index (χ3v) is 4.98. The number of ether oxygens (including phenoxy) is 1. The maximum absolute atomic E-state index is 12.3. The summed E-state index contributed by atoms with van der Waals surface area (Å²) in [5, 5.41) is 0. The van der Waals surface area contributed by atoms with Crippen LogP contribution in [0.15, 0.2) is 23.1 Å². The van der Waals surface area contributed by atoms with Crippen molar-refractivity contribution < 1.29 is 8.95 Å². The first-order valence-corrected chi connectivity index (χ1v) is 7.75. The van der Waals surface area contributed by atoms with E-state index in [1.165, 1.54) is 5.56 Å². The predicted octanol–water partition coefficient (Wildman–Crippen LogP) is 1.74. The van der Waals surface area contributed by atoms with Crippen LogP contribution >= 0.6 is 0 Å². The zero-order valence-corrected chi connectivity index (χ0v) is 12.0. The van der Waals surface area contributed by atoms with Gasteiger partial charge in [0.1, 0.15) is 0 Å². The molecular formula is C14H21NO2S.